The number of nitrogens with one attached hydrogen (secondary N) is 1. The van der Waals surface area contributed by atoms with Gasteiger partial charge in [-0.15, -0.1) is 0 Å². The summed E-state index contributed by atoms with van der Waals surface area (Å²) in [6.45, 7) is 0. The number of nitrogens with zero attached hydrogens (tertiary/aromatic N) is 3. The maximum absolute atomic E-state index is 13.8. The van der Waals surface area contributed by atoms with Gasteiger partial charge >= 0.3 is 6.18 Å². The molecule has 0 fully saturated rings. The molecule has 0 saturated carbocycles. The molecule has 0 unspecified atom stereocenters. The molecule has 4 aromatic rings. The van der Waals surface area contributed by atoms with Crippen LogP contribution in [-0.4, -0.2) is 29.2 Å². The zero-order valence-electron chi connectivity index (χ0n) is 17.5. The van der Waals surface area contributed by atoms with Gasteiger partial charge in [-0.1, -0.05) is 23.9 Å². The Morgan fingerprint density at radius 3 is 2.45 bits per heavy atom. The molecular formula is C23H17F3N4O2S. The molecule has 1 N–H and O–H groups in total. The van der Waals surface area contributed by atoms with Gasteiger partial charge in [-0.25, -0.2) is 9.97 Å². The van der Waals surface area contributed by atoms with Crippen molar-refractivity contribution in [2.45, 2.75) is 17.0 Å². The highest BCUT2D eigenvalue weighted by atomic mass is 32.2. The lowest BCUT2D eigenvalue weighted by atomic mass is 10.0. The van der Waals surface area contributed by atoms with Crippen molar-refractivity contribution in [1.82, 2.24) is 15.0 Å². The number of hydrogen-bond donors (Lipinski definition) is 1. The van der Waals surface area contributed by atoms with Crippen LogP contribution in [0.3, 0.4) is 0 Å². The Morgan fingerprint density at radius 2 is 1.79 bits per heavy atom. The quantitative estimate of drug-likeness (QED) is 0.357. The van der Waals surface area contributed by atoms with E-state index in [2.05, 4.69) is 15.0 Å². The topological polar surface area (TPSA) is 83.8 Å². The number of pyridine rings is 1. The second-order valence-electron chi connectivity index (χ2n) is 6.90. The second-order valence-corrected chi connectivity index (χ2v) is 7.87. The van der Waals surface area contributed by atoms with Gasteiger partial charge in [0.25, 0.3) is 0 Å². The molecule has 168 valence electrons. The summed E-state index contributed by atoms with van der Waals surface area (Å²) in [6, 6.07) is 14.7. The third-order valence-electron chi connectivity index (χ3n) is 4.87. The second kappa shape index (κ2) is 9.03. The van der Waals surface area contributed by atoms with Crippen LogP contribution in [0.15, 0.2) is 53.6 Å². The molecule has 0 spiro atoms. The number of aromatic amines is 1. The van der Waals surface area contributed by atoms with Gasteiger partial charge in [0, 0.05) is 5.56 Å². The summed E-state index contributed by atoms with van der Waals surface area (Å²) in [6.07, 6.45) is -4.73. The van der Waals surface area contributed by atoms with E-state index in [1.54, 1.807) is 24.3 Å². The number of para-hydroxylation sites is 2. The highest BCUT2D eigenvalue weighted by Crippen LogP contribution is 2.40. The number of thioether (sulfide) groups is 1. The van der Waals surface area contributed by atoms with E-state index in [1.807, 2.05) is 24.3 Å². The molecule has 6 nitrogen and oxygen atoms in total. The molecule has 2 aromatic heterocycles. The van der Waals surface area contributed by atoms with Crippen LogP contribution in [0, 0.1) is 11.3 Å². The van der Waals surface area contributed by atoms with Crippen LogP contribution in [-0.2, 0) is 11.9 Å². The number of rotatable bonds is 6. The molecule has 0 aliphatic carbocycles. The first-order chi connectivity index (χ1) is 15.8. The predicted molar refractivity (Wildman–Crippen MR) is 118 cm³/mol. The number of alkyl halides is 3. The maximum Gasteiger partial charge on any atom is 0.417 e. The van der Waals surface area contributed by atoms with Crippen molar-refractivity contribution in [2.24, 2.45) is 0 Å². The number of methoxy groups -OCH3 is 2. The molecule has 2 aromatic carbocycles. The summed E-state index contributed by atoms with van der Waals surface area (Å²) >= 11 is 1.01. The Morgan fingerprint density at radius 1 is 1.03 bits per heavy atom. The molecular weight excluding hydrogens is 453 g/mol. The van der Waals surface area contributed by atoms with Crippen molar-refractivity contribution >= 4 is 22.8 Å². The monoisotopic (exact) mass is 470 g/mol. The molecule has 0 aliphatic rings. The van der Waals surface area contributed by atoms with Gasteiger partial charge in [0.2, 0.25) is 0 Å². The van der Waals surface area contributed by atoms with E-state index in [1.165, 1.54) is 14.2 Å². The van der Waals surface area contributed by atoms with E-state index in [9.17, 15) is 18.4 Å². The van der Waals surface area contributed by atoms with E-state index < -0.39 is 17.3 Å². The fraction of sp³-hybridized carbons (Fsp3) is 0.174. The number of benzene rings is 2. The van der Waals surface area contributed by atoms with Gasteiger partial charge in [0.05, 0.1) is 47.8 Å². The van der Waals surface area contributed by atoms with Crippen molar-refractivity contribution in [3.05, 3.63) is 65.5 Å². The minimum atomic E-state index is -4.73. The molecule has 10 heteroatoms. The minimum absolute atomic E-state index is 0.0300. The molecule has 0 atom stereocenters. The smallest absolute Gasteiger partial charge is 0.417 e. The highest BCUT2D eigenvalue weighted by molar-refractivity contribution is 7.98. The SMILES string of the molecule is COc1ccc(-c2cc(C(F)(F)F)c(C#N)c(SCc3nc4ccccc4[nH]3)n2)cc1OC. The Kier molecular flexibility index (Phi) is 6.16. The number of H-pyrrole nitrogens is 1. The lowest BCUT2D eigenvalue weighted by Gasteiger charge is -2.15. The predicted octanol–water partition coefficient (Wildman–Crippen LogP) is 5.82. The highest BCUT2D eigenvalue weighted by Gasteiger charge is 2.36. The third kappa shape index (κ3) is 4.59. The number of ether oxygens (including phenoxy) is 2. The van der Waals surface area contributed by atoms with E-state index in [0.29, 0.717) is 22.9 Å². The van der Waals surface area contributed by atoms with Crippen molar-refractivity contribution in [2.75, 3.05) is 14.2 Å². The zero-order chi connectivity index (χ0) is 23.6. The molecule has 33 heavy (non-hydrogen) atoms. The van der Waals surface area contributed by atoms with Crippen LogP contribution in [0.2, 0.25) is 0 Å². The Bertz CT molecular complexity index is 1330. The summed E-state index contributed by atoms with van der Waals surface area (Å²) in [7, 11) is 2.90. The fourth-order valence-electron chi connectivity index (χ4n) is 3.31. The summed E-state index contributed by atoms with van der Waals surface area (Å²) in [5.74, 6) is 1.57. The number of imidazole rings is 1. The molecule has 2 heterocycles. The van der Waals surface area contributed by atoms with Crippen LogP contribution >= 0.6 is 11.8 Å². The molecule has 0 saturated heterocycles. The summed E-state index contributed by atoms with van der Waals surface area (Å²) in [4.78, 5) is 12.0. The number of halogens is 3. The van der Waals surface area contributed by atoms with Crippen LogP contribution in [0.4, 0.5) is 13.2 Å². The summed E-state index contributed by atoms with van der Waals surface area (Å²) < 4.78 is 51.9. The maximum atomic E-state index is 13.8. The van der Waals surface area contributed by atoms with E-state index in [4.69, 9.17) is 9.47 Å². The molecule has 0 bridgehead atoms. The third-order valence-corrected chi connectivity index (χ3v) is 5.85. The Hall–Kier alpha value is -3.71. The van der Waals surface area contributed by atoms with Gasteiger partial charge in [-0.05, 0) is 36.4 Å². The van der Waals surface area contributed by atoms with E-state index in [0.717, 1.165) is 28.9 Å². The van der Waals surface area contributed by atoms with Gasteiger partial charge in [0.1, 0.15) is 16.9 Å². The van der Waals surface area contributed by atoms with Gasteiger partial charge in [-0.2, -0.15) is 18.4 Å². The Labute approximate surface area is 191 Å². The summed E-state index contributed by atoms with van der Waals surface area (Å²) in [5.41, 5.74) is 0.459. The van der Waals surface area contributed by atoms with E-state index in [-0.39, 0.29) is 16.5 Å². The van der Waals surface area contributed by atoms with Gasteiger partial charge in [-0.3, -0.25) is 0 Å². The molecule has 0 amide bonds. The number of aromatic nitrogens is 3. The first kappa shape index (κ1) is 22.5. The first-order valence-corrected chi connectivity index (χ1v) is 10.6. The zero-order valence-corrected chi connectivity index (χ0v) is 18.3. The van der Waals surface area contributed by atoms with Gasteiger partial charge < -0.3 is 14.5 Å². The number of fused-ring (bicyclic) bond motifs is 1. The minimum Gasteiger partial charge on any atom is -0.493 e. The fourth-order valence-corrected chi connectivity index (χ4v) is 4.18. The Balaban J connectivity index is 1.77. The first-order valence-electron chi connectivity index (χ1n) is 9.65. The number of hydrogen-bond acceptors (Lipinski definition) is 6. The van der Waals surface area contributed by atoms with Crippen molar-refractivity contribution in [3.8, 4) is 28.8 Å². The van der Waals surface area contributed by atoms with Crippen molar-refractivity contribution in [1.29, 1.82) is 5.26 Å². The standard InChI is InChI=1S/C23H17F3N4O2S/c1-31-19-8-7-13(9-20(19)32-2)18-10-15(23(24,25)26)14(11-27)22(30-18)33-12-21-28-16-5-3-4-6-17(16)29-21/h3-10H,12H2,1-2H3,(H,28,29). The van der Waals surface area contributed by atoms with Gasteiger partial charge in [0.15, 0.2) is 11.5 Å². The van der Waals surface area contributed by atoms with E-state index >= 15 is 0 Å². The normalized spacial score (nSPS) is 11.4. The molecule has 4 rings (SSSR count). The van der Waals surface area contributed by atoms with Crippen molar-refractivity contribution < 1.29 is 22.6 Å². The van der Waals surface area contributed by atoms with Crippen LogP contribution < -0.4 is 9.47 Å². The largest absolute Gasteiger partial charge is 0.493 e. The van der Waals surface area contributed by atoms with Crippen LogP contribution in [0.25, 0.3) is 22.3 Å². The molecule has 0 radical (unpaired) electrons. The number of nitriles is 1. The lowest BCUT2D eigenvalue weighted by molar-refractivity contribution is -0.138. The lowest BCUT2D eigenvalue weighted by Crippen LogP contribution is -2.10. The van der Waals surface area contributed by atoms with Crippen LogP contribution in [0.5, 0.6) is 11.5 Å². The van der Waals surface area contributed by atoms with Crippen LogP contribution in [0.1, 0.15) is 17.0 Å². The van der Waals surface area contributed by atoms with Crippen molar-refractivity contribution in [3.63, 3.8) is 0 Å². The molecule has 0 aliphatic heterocycles. The summed E-state index contributed by atoms with van der Waals surface area (Å²) in [5, 5.41) is 9.49. The average Bonchev–Trinajstić information content (AvgIpc) is 3.24. The average molecular weight is 470 g/mol.